The van der Waals surface area contributed by atoms with Gasteiger partial charge in [-0.15, -0.1) is 0 Å². The lowest BCUT2D eigenvalue weighted by Crippen LogP contribution is -2.01. The van der Waals surface area contributed by atoms with Crippen LogP contribution in [0.3, 0.4) is 0 Å². The van der Waals surface area contributed by atoms with E-state index in [0.717, 1.165) is 17.1 Å². The molecule has 2 heterocycles. The fourth-order valence-corrected chi connectivity index (χ4v) is 2.79. The zero-order chi connectivity index (χ0) is 18.6. The monoisotopic (exact) mass is 355 g/mol. The number of pyridine rings is 2. The van der Waals surface area contributed by atoms with Crippen LogP contribution in [-0.2, 0) is 0 Å². The number of nitriles is 1. The maximum atomic E-state index is 14.2. The molecule has 0 radical (unpaired) electrons. The smallest absolute Gasteiger partial charge is 0.233 e. The number of aromatic nitrogens is 2. The van der Waals surface area contributed by atoms with Crippen LogP contribution in [0.25, 0.3) is 10.9 Å². The maximum Gasteiger partial charge on any atom is 0.233 e. The van der Waals surface area contributed by atoms with Gasteiger partial charge in [0.2, 0.25) is 5.95 Å². The van der Waals surface area contributed by atoms with E-state index in [1.54, 1.807) is 12.3 Å². The van der Waals surface area contributed by atoms with E-state index < -0.39 is 5.95 Å². The Morgan fingerprint density at radius 2 is 1.52 bits per heavy atom. The number of rotatable bonds is 4. The number of hydrogen-bond donors (Lipinski definition) is 2. The Labute approximate surface area is 155 Å². The van der Waals surface area contributed by atoms with Crippen LogP contribution in [0.5, 0.6) is 0 Å². The van der Waals surface area contributed by atoms with Crippen LogP contribution in [0, 0.1) is 17.3 Å². The van der Waals surface area contributed by atoms with Gasteiger partial charge in [0.25, 0.3) is 0 Å². The van der Waals surface area contributed by atoms with E-state index in [-0.39, 0.29) is 5.56 Å². The molecule has 0 saturated carbocycles. The summed E-state index contributed by atoms with van der Waals surface area (Å²) in [6.07, 6.45) is 3.05. The van der Waals surface area contributed by atoms with Gasteiger partial charge in [0.1, 0.15) is 11.6 Å². The summed E-state index contributed by atoms with van der Waals surface area (Å²) < 4.78 is 14.2. The minimum atomic E-state index is -0.817. The highest BCUT2D eigenvalue weighted by molar-refractivity contribution is 5.95. The Hall–Kier alpha value is -3.98. The first kappa shape index (κ1) is 16.5. The summed E-state index contributed by atoms with van der Waals surface area (Å²) in [5, 5.41) is 16.4. The quantitative estimate of drug-likeness (QED) is 0.497. The van der Waals surface area contributed by atoms with Gasteiger partial charge in [-0.05, 0) is 42.5 Å². The highest BCUT2D eigenvalue weighted by Gasteiger charge is 2.15. The average Bonchev–Trinajstić information content (AvgIpc) is 2.70. The van der Waals surface area contributed by atoms with Crippen molar-refractivity contribution in [1.29, 1.82) is 5.26 Å². The van der Waals surface area contributed by atoms with E-state index in [2.05, 4.69) is 20.6 Å². The van der Waals surface area contributed by atoms with Gasteiger partial charge < -0.3 is 10.6 Å². The zero-order valence-corrected chi connectivity index (χ0v) is 14.1. The first-order valence-electron chi connectivity index (χ1n) is 8.27. The van der Waals surface area contributed by atoms with Gasteiger partial charge in [0, 0.05) is 28.6 Å². The summed E-state index contributed by atoms with van der Waals surface area (Å²) >= 11 is 0. The lowest BCUT2D eigenvalue weighted by atomic mass is 10.1. The molecular formula is C21H14FN5. The Morgan fingerprint density at radius 3 is 2.22 bits per heavy atom. The van der Waals surface area contributed by atoms with Crippen LogP contribution in [0.2, 0.25) is 0 Å². The molecule has 0 aliphatic rings. The number of fused-ring (bicyclic) bond motifs is 1. The highest BCUT2D eigenvalue weighted by Crippen LogP contribution is 2.30. The lowest BCUT2D eigenvalue weighted by molar-refractivity contribution is 0.585. The number of halogens is 1. The number of para-hydroxylation sites is 1. The molecule has 4 rings (SSSR count). The van der Waals surface area contributed by atoms with Crippen molar-refractivity contribution < 1.29 is 4.39 Å². The Morgan fingerprint density at radius 1 is 0.852 bits per heavy atom. The molecule has 130 valence electrons. The van der Waals surface area contributed by atoms with Gasteiger partial charge in [0.05, 0.1) is 17.4 Å². The third-order valence-electron chi connectivity index (χ3n) is 4.07. The van der Waals surface area contributed by atoms with Gasteiger partial charge in [0.15, 0.2) is 0 Å². The first-order valence-corrected chi connectivity index (χ1v) is 8.27. The van der Waals surface area contributed by atoms with Gasteiger partial charge in [-0.3, -0.25) is 4.98 Å². The van der Waals surface area contributed by atoms with E-state index in [0.29, 0.717) is 16.6 Å². The second-order valence-electron chi connectivity index (χ2n) is 5.85. The van der Waals surface area contributed by atoms with E-state index in [9.17, 15) is 9.65 Å². The summed E-state index contributed by atoms with van der Waals surface area (Å²) in [7, 11) is 0. The summed E-state index contributed by atoms with van der Waals surface area (Å²) in [6, 6.07) is 20.9. The lowest BCUT2D eigenvalue weighted by Gasteiger charge is -2.13. The molecule has 0 saturated heterocycles. The van der Waals surface area contributed by atoms with Crippen LogP contribution < -0.4 is 10.6 Å². The van der Waals surface area contributed by atoms with Crippen LogP contribution in [0.1, 0.15) is 5.56 Å². The molecule has 0 unspecified atom stereocenters. The summed E-state index contributed by atoms with van der Waals surface area (Å²) in [6.45, 7) is 0. The van der Waals surface area contributed by atoms with E-state index in [4.69, 9.17) is 0 Å². The topological polar surface area (TPSA) is 73.6 Å². The third-order valence-corrected chi connectivity index (χ3v) is 4.07. The fraction of sp³-hybridized carbons (Fsp3) is 0. The molecule has 6 heteroatoms. The maximum absolute atomic E-state index is 14.2. The molecule has 4 aromatic rings. The van der Waals surface area contributed by atoms with E-state index in [1.165, 1.54) is 6.20 Å². The van der Waals surface area contributed by atoms with Crippen molar-refractivity contribution in [3.63, 3.8) is 0 Å². The summed E-state index contributed by atoms with van der Waals surface area (Å²) in [5.41, 5.74) is 3.28. The standard InChI is InChI=1S/C21H14FN5/c22-21-18(12-23)20(17-10-11-24-13-19(17)27-21)26-16-8-6-15(7-9-16)25-14-4-2-1-3-5-14/h1-11,13,25H,(H,26,27). The molecule has 0 bridgehead atoms. The summed E-state index contributed by atoms with van der Waals surface area (Å²) in [4.78, 5) is 7.77. The van der Waals surface area contributed by atoms with Crippen molar-refractivity contribution in [3.8, 4) is 6.07 Å². The molecule has 5 nitrogen and oxygen atoms in total. The highest BCUT2D eigenvalue weighted by atomic mass is 19.1. The molecule has 27 heavy (non-hydrogen) atoms. The van der Waals surface area contributed by atoms with Crippen LogP contribution in [-0.4, -0.2) is 9.97 Å². The fourth-order valence-electron chi connectivity index (χ4n) is 2.79. The summed E-state index contributed by atoms with van der Waals surface area (Å²) in [5.74, 6) is -0.817. The van der Waals surface area contributed by atoms with Gasteiger partial charge in [-0.2, -0.15) is 9.65 Å². The largest absolute Gasteiger partial charge is 0.356 e. The van der Waals surface area contributed by atoms with Crippen molar-refractivity contribution in [2.75, 3.05) is 10.6 Å². The van der Waals surface area contributed by atoms with Gasteiger partial charge >= 0.3 is 0 Å². The number of nitrogens with one attached hydrogen (secondary N) is 2. The molecule has 2 aromatic carbocycles. The van der Waals surface area contributed by atoms with Crippen molar-refractivity contribution in [2.24, 2.45) is 0 Å². The normalized spacial score (nSPS) is 10.4. The molecular weight excluding hydrogens is 341 g/mol. The SMILES string of the molecule is N#Cc1c(F)nc2cnccc2c1Nc1ccc(Nc2ccccc2)cc1. The first-order chi connectivity index (χ1) is 13.2. The predicted octanol–water partition coefficient (Wildman–Crippen LogP) is 5.13. The van der Waals surface area contributed by atoms with Gasteiger partial charge in [-0.25, -0.2) is 4.98 Å². The Bertz CT molecular complexity index is 1140. The number of hydrogen-bond acceptors (Lipinski definition) is 5. The Balaban J connectivity index is 1.65. The van der Waals surface area contributed by atoms with E-state index in [1.807, 2.05) is 60.7 Å². The average molecular weight is 355 g/mol. The molecule has 0 spiro atoms. The second-order valence-corrected chi connectivity index (χ2v) is 5.85. The Kier molecular flexibility index (Phi) is 4.33. The molecule has 0 aliphatic heterocycles. The second kappa shape index (κ2) is 7.10. The molecule has 0 fully saturated rings. The number of anilines is 4. The molecule has 0 amide bonds. The van der Waals surface area contributed by atoms with Gasteiger partial charge in [-0.1, -0.05) is 18.2 Å². The van der Waals surface area contributed by atoms with Crippen molar-refractivity contribution in [3.05, 3.63) is 84.6 Å². The number of benzene rings is 2. The zero-order valence-electron chi connectivity index (χ0n) is 14.1. The molecule has 0 aliphatic carbocycles. The van der Waals surface area contributed by atoms with Crippen LogP contribution in [0.4, 0.5) is 27.1 Å². The molecule has 0 atom stereocenters. The van der Waals surface area contributed by atoms with Crippen molar-refractivity contribution in [1.82, 2.24) is 9.97 Å². The van der Waals surface area contributed by atoms with Crippen LogP contribution >= 0.6 is 0 Å². The van der Waals surface area contributed by atoms with Crippen molar-refractivity contribution >= 4 is 33.7 Å². The van der Waals surface area contributed by atoms with Crippen molar-refractivity contribution in [2.45, 2.75) is 0 Å². The minimum Gasteiger partial charge on any atom is -0.356 e. The van der Waals surface area contributed by atoms with E-state index >= 15 is 0 Å². The van der Waals surface area contributed by atoms with Crippen LogP contribution in [0.15, 0.2) is 73.1 Å². The number of nitrogens with zero attached hydrogens (tertiary/aromatic N) is 3. The molecule has 2 N–H and O–H groups in total. The third kappa shape index (κ3) is 3.39. The predicted molar refractivity (Wildman–Crippen MR) is 104 cm³/mol. The minimum absolute atomic E-state index is 0.125. The molecule has 2 aromatic heterocycles.